The van der Waals surface area contributed by atoms with Gasteiger partial charge in [0.25, 0.3) is 0 Å². The van der Waals surface area contributed by atoms with Gasteiger partial charge in [0.05, 0.1) is 0 Å². The molecule has 1 aromatic heterocycles. The molecule has 0 spiro atoms. The summed E-state index contributed by atoms with van der Waals surface area (Å²) >= 11 is 0. The van der Waals surface area contributed by atoms with Crippen LogP contribution in [0.2, 0.25) is 0 Å². The highest BCUT2D eigenvalue weighted by atomic mass is 14.9. The Balaban J connectivity index is 1.94. The second-order valence-electron chi connectivity index (χ2n) is 5.72. The predicted molar refractivity (Wildman–Crippen MR) is 67.9 cm³/mol. The third-order valence-electron chi connectivity index (χ3n) is 4.37. The maximum Gasteiger partial charge on any atom is 0.136 e. The van der Waals surface area contributed by atoms with Crippen molar-refractivity contribution in [2.45, 2.75) is 56.8 Å². The molecule has 2 aliphatic rings. The summed E-state index contributed by atoms with van der Waals surface area (Å²) in [7, 11) is 0. The van der Waals surface area contributed by atoms with E-state index < -0.39 is 0 Å². The summed E-state index contributed by atoms with van der Waals surface area (Å²) in [6.07, 6.45) is 7.63. The summed E-state index contributed by atoms with van der Waals surface area (Å²) in [5.41, 5.74) is 8.38. The van der Waals surface area contributed by atoms with Crippen LogP contribution in [0.15, 0.2) is 6.07 Å². The molecule has 0 saturated heterocycles. The molecular formula is C14H21N3. The molecular weight excluding hydrogens is 210 g/mol. The number of nitrogens with two attached hydrogens (primary N) is 1. The minimum atomic E-state index is 0.124. The van der Waals surface area contributed by atoms with E-state index in [1.807, 2.05) is 0 Å². The fraction of sp³-hybridized carbons (Fsp3) is 0.714. The lowest BCUT2D eigenvalue weighted by Crippen LogP contribution is -2.23. The van der Waals surface area contributed by atoms with Gasteiger partial charge < -0.3 is 5.73 Å². The van der Waals surface area contributed by atoms with Crippen molar-refractivity contribution in [3.63, 3.8) is 0 Å². The lowest BCUT2D eigenvalue weighted by Gasteiger charge is -2.15. The zero-order chi connectivity index (χ0) is 11.9. The van der Waals surface area contributed by atoms with Gasteiger partial charge in [-0.2, -0.15) is 0 Å². The molecule has 3 rings (SSSR count). The first kappa shape index (κ1) is 11.1. The van der Waals surface area contributed by atoms with Gasteiger partial charge in [0.2, 0.25) is 0 Å². The smallest absolute Gasteiger partial charge is 0.136 e. The van der Waals surface area contributed by atoms with E-state index in [1.165, 1.54) is 31.4 Å². The Morgan fingerprint density at radius 1 is 1.29 bits per heavy atom. The van der Waals surface area contributed by atoms with Crippen molar-refractivity contribution in [1.82, 2.24) is 9.97 Å². The monoisotopic (exact) mass is 231 g/mol. The summed E-state index contributed by atoms with van der Waals surface area (Å²) in [5.74, 6) is 1.69. The Labute approximate surface area is 103 Å². The normalized spacial score (nSPS) is 22.9. The van der Waals surface area contributed by atoms with E-state index in [9.17, 15) is 0 Å². The summed E-state index contributed by atoms with van der Waals surface area (Å²) in [6, 6.07) is 2.17. The molecule has 0 unspecified atom stereocenters. The molecule has 0 bridgehead atoms. The average Bonchev–Trinajstić information content (AvgIpc) is 2.94. The summed E-state index contributed by atoms with van der Waals surface area (Å²) in [4.78, 5) is 9.45. The summed E-state index contributed by atoms with van der Waals surface area (Å²) < 4.78 is 0. The third kappa shape index (κ3) is 1.97. The van der Waals surface area contributed by atoms with E-state index in [-0.39, 0.29) is 5.41 Å². The summed E-state index contributed by atoms with van der Waals surface area (Å²) in [5, 5.41) is 0. The molecule has 3 nitrogen and oxygen atoms in total. The molecule has 1 heterocycles. The highest BCUT2D eigenvalue weighted by Gasteiger charge is 2.46. The molecule has 2 aliphatic carbocycles. The first-order valence-electron chi connectivity index (χ1n) is 6.80. The van der Waals surface area contributed by atoms with Crippen LogP contribution >= 0.6 is 0 Å². The Kier molecular flexibility index (Phi) is 2.66. The van der Waals surface area contributed by atoms with Crippen LogP contribution in [-0.2, 0) is 5.41 Å². The Morgan fingerprint density at radius 3 is 2.59 bits per heavy atom. The molecule has 17 heavy (non-hydrogen) atoms. The van der Waals surface area contributed by atoms with E-state index in [0.29, 0.717) is 12.5 Å². The summed E-state index contributed by atoms with van der Waals surface area (Å²) in [6.45, 7) is 2.77. The zero-order valence-corrected chi connectivity index (χ0v) is 10.6. The van der Waals surface area contributed by atoms with Gasteiger partial charge in [-0.25, -0.2) is 9.97 Å². The minimum Gasteiger partial charge on any atom is -0.329 e. The lowest BCUT2D eigenvalue weighted by molar-refractivity contribution is 0.616. The SMILES string of the molecule is Cc1cc(C2CCCC2)nc(C2(CN)CC2)n1. The molecule has 0 atom stereocenters. The molecule has 2 fully saturated rings. The van der Waals surface area contributed by atoms with Crippen molar-refractivity contribution in [1.29, 1.82) is 0 Å². The first-order valence-corrected chi connectivity index (χ1v) is 6.80. The van der Waals surface area contributed by atoms with Gasteiger partial charge in [-0.1, -0.05) is 12.8 Å². The van der Waals surface area contributed by atoms with Gasteiger partial charge in [-0.05, 0) is 38.7 Å². The van der Waals surface area contributed by atoms with Gasteiger partial charge in [-0.3, -0.25) is 0 Å². The van der Waals surface area contributed by atoms with Crippen LogP contribution in [0, 0.1) is 6.92 Å². The van der Waals surface area contributed by atoms with Crippen LogP contribution in [0.5, 0.6) is 0 Å². The van der Waals surface area contributed by atoms with Crippen molar-refractivity contribution in [3.05, 3.63) is 23.3 Å². The molecule has 0 aliphatic heterocycles. The van der Waals surface area contributed by atoms with Crippen LogP contribution in [0.3, 0.4) is 0 Å². The van der Waals surface area contributed by atoms with E-state index in [0.717, 1.165) is 24.4 Å². The van der Waals surface area contributed by atoms with Gasteiger partial charge in [0, 0.05) is 29.3 Å². The van der Waals surface area contributed by atoms with Crippen molar-refractivity contribution >= 4 is 0 Å². The standard InChI is InChI=1S/C14H21N3/c1-10-8-12(11-4-2-3-5-11)17-13(16-10)14(9-15)6-7-14/h8,11H,2-7,9,15H2,1H3. The number of aryl methyl sites for hydroxylation is 1. The van der Waals surface area contributed by atoms with Crippen molar-refractivity contribution < 1.29 is 0 Å². The van der Waals surface area contributed by atoms with Gasteiger partial charge in [0.15, 0.2) is 0 Å². The van der Waals surface area contributed by atoms with Gasteiger partial charge >= 0.3 is 0 Å². The number of hydrogen-bond donors (Lipinski definition) is 1. The Morgan fingerprint density at radius 2 is 2.00 bits per heavy atom. The van der Waals surface area contributed by atoms with Crippen LogP contribution in [-0.4, -0.2) is 16.5 Å². The van der Waals surface area contributed by atoms with Gasteiger partial charge in [0.1, 0.15) is 5.82 Å². The van der Waals surface area contributed by atoms with Crippen LogP contribution < -0.4 is 5.73 Å². The minimum absolute atomic E-state index is 0.124. The van der Waals surface area contributed by atoms with E-state index in [4.69, 9.17) is 10.7 Å². The quantitative estimate of drug-likeness (QED) is 0.869. The molecule has 2 saturated carbocycles. The maximum absolute atomic E-state index is 5.87. The highest BCUT2D eigenvalue weighted by molar-refractivity contribution is 5.24. The van der Waals surface area contributed by atoms with Crippen LogP contribution in [0.1, 0.15) is 61.7 Å². The fourth-order valence-electron chi connectivity index (χ4n) is 2.93. The third-order valence-corrected chi connectivity index (χ3v) is 4.37. The second-order valence-corrected chi connectivity index (χ2v) is 5.72. The molecule has 92 valence electrons. The van der Waals surface area contributed by atoms with Crippen molar-refractivity contribution in [3.8, 4) is 0 Å². The lowest BCUT2D eigenvalue weighted by atomic mass is 10.0. The van der Waals surface area contributed by atoms with E-state index in [2.05, 4.69) is 18.0 Å². The first-order chi connectivity index (χ1) is 8.23. The van der Waals surface area contributed by atoms with Crippen LogP contribution in [0.4, 0.5) is 0 Å². The molecule has 0 amide bonds. The molecule has 2 N–H and O–H groups in total. The number of rotatable bonds is 3. The highest BCUT2D eigenvalue weighted by Crippen LogP contribution is 2.46. The number of nitrogens with zero attached hydrogens (tertiary/aromatic N) is 2. The molecule has 1 aromatic rings. The molecule has 0 aromatic carbocycles. The number of aromatic nitrogens is 2. The number of hydrogen-bond acceptors (Lipinski definition) is 3. The zero-order valence-electron chi connectivity index (χ0n) is 10.6. The Bertz CT molecular complexity index is 417. The fourth-order valence-corrected chi connectivity index (χ4v) is 2.93. The predicted octanol–water partition coefficient (Wildman–Crippen LogP) is 2.43. The van der Waals surface area contributed by atoms with Crippen molar-refractivity contribution in [2.24, 2.45) is 5.73 Å². The van der Waals surface area contributed by atoms with Gasteiger partial charge in [-0.15, -0.1) is 0 Å². The molecule has 0 radical (unpaired) electrons. The topological polar surface area (TPSA) is 51.8 Å². The van der Waals surface area contributed by atoms with E-state index in [1.54, 1.807) is 0 Å². The Hall–Kier alpha value is -0.960. The van der Waals surface area contributed by atoms with E-state index >= 15 is 0 Å². The average molecular weight is 231 g/mol. The second kappa shape index (κ2) is 4.05. The van der Waals surface area contributed by atoms with Crippen molar-refractivity contribution in [2.75, 3.05) is 6.54 Å². The maximum atomic E-state index is 5.87. The largest absolute Gasteiger partial charge is 0.329 e. The molecule has 3 heteroatoms. The van der Waals surface area contributed by atoms with Crippen LogP contribution in [0.25, 0.3) is 0 Å².